The molecule has 0 radical (unpaired) electrons. The van der Waals surface area contributed by atoms with Gasteiger partial charge in [-0.3, -0.25) is 0 Å². The average Bonchev–Trinajstić information content (AvgIpc) is 2.78. The van der Waals surface area contributed by atoms with E-state index in [1.165, 1.54) is 23.1 Å². The van der Waals surface area contributed by atoms with Crippen molar-refractivity contribution in [1.82, 2.24) is 20.2 Å². The van der Waals surface area contributed by atoms with E-state index in [0.29, 0.717) is 11.7 Å². The van der Waals surface area contributed by atoms with Crippen LogP contribution in [0.15, 0.2) is 26.2 Å². The van der Waals surface area contributed by atoms with Crippen LogP contribution in [0, 0.1) is 0 Å². The molecule has 0 fully saturated rings. The molecular weight excluding hydrogens is 262 g/mol. The number of thioether (sulfide) groups is 1. The number of rotatable bonds is 4. The first-order valence-electron chi connectivity index (χ1n) is 4.38. The molecule has 2 heterocycles. The largest absolute Gasteiger partial charge is 0.326 e. The van der Waals surface area contributed by atoms with Gasteiger partial charge in [0.25, 0.3) is 0 Å². The third kappa shape index (κ3) is 2.91. The topological polar surface area (TPSA) is 77.6 Å². The van der Waals surface area contributed by atoms with E-state index in [4.69, 9.17) is 5.73 Å². The van der Waals surface area contributed by atoms with Gasteiger partial charge in [0.15, 0.2) is 13.8 Å². The van der Waals surface area contributed by atoms with Gasteiger partial charge in [-0.15, -0.1) is 10.2 Å². The molecule has 0 aliphatic carbocycles. The van der Waals surface area contributed by atoms with Crippen molar-refractivity contribution in [2.75, 3.05) is 6.26 Å². The van der Waals surface area contributed by atoms with E-state index in [1.54, 1.807) is 24.2 Å². The molecule has 0 spiro atoms. The number of nitrogens with two attached hydrogens (primary N) is 1. The molecule has 84 valence electrons. The van der Waals surface area contributed by atoms with E-state index >= 15 is 0 Å². The molecule has 0 aliphatic heterocycles. The van der Waals surface area contributed by atoms with Gasteiger partial charge in [-0.1, -0.05) is 23.1 Å². The number of nitrogens with zero attached hydrogens (tertiary/aromatic N) is 4. The Kier molecular flexibility index (Phi) is 4.10. The molecule has 0 bridgehead atoms. The molecule has 8 heteroatoms. The predicted octanol–water partition coefficient (Wildman–Crippen LogP) is 1.66. The number of hydrogen-bond donors (Lipinski definition) is 1. The van der Waals surface area contributed by atoms with Crippen LogP contribution in [-0.2, 0) is 6.54 Å². The molecule has 0 amide bonds. The van der Waals surface area contributed by atoms with E-state index in [-0.39, 0.29) is 0 Å². The van der Waals surface area contributed by atoms with Crippen molar-refractivity contribution in [3.05, 3.63) is 18.0 Å². The van der Waals surface area contributed by atoms with Crippen molar-refractivity contribution in [2.24, 2.45) is 5.73 Å². The van der Waals surface area contributed by atoms with E-state index in [1.807, 2.05) is 6.26 Å². The quantitative estimate of drug-likeness (QED) is 0.669. The molecule has 0 saturated carbocycles. The van der Waals surface area contributed by atoms with Gasteiger partial charge < -0.3 is 5.73 Å². The Hall–Kier alpha value is -0.700. The minimum Gasteiger partial charge on any atom is -0.326 e. The number of aromatic nitrogens is 4. The third-order valence-electron chi connectivity index (χ3n) is 1.66. The van der Waals surface area contributed by atoms with Gasteiger partial charge >= 0.3 is 0 Å². The zero-order chi connectivity index (χ0) is 11.4. The van der Waals surface area contributed by atoms with E-state index in [0.717, 1.165) is 14.2 Å². The van der Waals surface area contributed by atoms with Crippen LogP contribution in [0.4, 0.5) is 0 Å². The fourth-order valence-corrected chi connectivity index (χ4v) is 3.14. The SMILES string of the molecule is CSc1nnc(Sc2ncc(CN)cn2)s1. The normalized spacial score (nSPS) is 10.6. The zero-order valence-corrected chi connectivity index (χ0v) is 10.9. The first kappa shape index (κ1) is 11.8. The van der Waals surface area contributed by atoms with Crippen molar-refractivity contribution in [3.63, 3.8) is 0 Å². The summed E-state index contributed by atoms with van der Waals surface area (Å²) in [6, 6.07) is 0. The van der Waals surface area contributed by atoms with Gasteiger partial charge in [0, 0.05) is 24.5 Å². The van der Waals surface area contributed by atoms with Gasteiger partial charge in [-0.05, 0) is 18.0 Å². The highest BCUT2D eigenvalue weighted by Gasteiger charge is 2.06. The summed E-state index contributed by atoms with van der Waals surface area (Å²) < 4.78 is 1.80. The Morgan fingerprint density at radius 1 is 1.25 bits per heavy atom. The summed E-state index contributed by atoms with van der Waals surface area (Å²) in [4.78, 5) is 8.37. The smallest absolute Gasteiger partial charge is 0.194 e. The molecule has 2 aromatic heterocycles. The van der Waals surface area contributed by atoms with Crippen molar-refractivity contribution in [3.8, 4) is 0 Å². The second-order valence-electron chi connectivity index (χ2n) is 2.72. The molecule has 2 rings (SSSR count). The molecule has 0 atom stereocenters. The van der Waals surface area contributed by atoms with Gasteiger partial charge in [-0.2, -0.15) is 0 Å². The molecule has 0 aliphatic rings. The van der Waals surface area contributed by atoms with Crippen molar-refractivity contribution in [2.45, 2.75) is 20.4 Å². The lowest BCUT2D eigenvalue weighted by molar-refractivity contribution is 0.906. The minimum atomic E-state index is 0.459. The van der Waals surface area contributed by atoms with Gasteiger partial charge in [-0.25, -0.2) is 9.97 Å². The second kappa shape index (κ2) is 5.58. The maximum absolute atomic E-state index is 5.46. The Morgan fingerprint density at radius 2 is 1.94 bits per heavy atom. The lowest BCUT2D eigenvalue weighted by atomic mass is 10.4. The lowest BCUT2D eigenvalue weighted by Gasteiger charge is -1.96. The maximum Gasteiger partial charge on any atom is 0.194 e. The second-order valence-corrected chi connectivity index (χ2v) is 5.96. The highest BCUT2D eigenvalue weighted by molar-refractivity contribution is 8.02. The van der Waals surface area contributed by atoms with Crippen LogP contribution >= 0.6 is 34.9 Å². The summed E-state index contributed by atoms with van der Waals surface area (Å²) >= 11 is 4.53. The predicted molar refractivity (Wildman–Crippen MR) is 65.7 cm³/mol. The summed E-state index contributed by atoms with van der Waals surface area (Å²) in [5, 5.41) is 8.70. The van der Waals surface area contributed by atoms with Crippen molar-refractivity contribution < 1.29 is 0 Å². The standard InChI is InChI=1S/C8H9N5S3/c1-14-7-12-13-8(16-7)15-6-10-3-5(2-9)4-11-6/h3-4H,2,9H2,1H3. The van der Waals surface area contributed by atoms with E-state index < -0.39 is 0 Å². The summed E-state index contributed by atoms with van der Waals surface area (Å²) in [5.74, 6) is 0. The van der Waals surface area contributed by atoms with Crippen LogP contribution in [0.25, 0.3) is 0 Å². The molecule has 5 nitrogen and oxygen atoms in total. The van der Waals surface area contributed by atoms with Crippen molar-refractivity contribution in [1.29, 1.82) is 0 Å². The zero-order valence-electron chi connectivity index (χ0n) is 8.45. The maximum atomic E-state index is 5.46. The number of hydrogen-bond acceptors (Lipinski definition) is 8. The average molecular weight is 271 g/mol. The molecule has 2 aromatic rings. The molecule has 0 saturated heterocycles. The fourth-order valence-electron chi connectivity index (χ4n) is 0.900. The Bertz CT molecular complexity index is 455. The Labute approximate surface area is 105 Å². The first-order chi connectivity index (χ1) is 7.81. The summed E-state index contributed by atoms with van der Waals surface area (Å²) in [5.41, 5.74) is 6.39. The monoisotopic (exact) mass is 271 g/mol. The highest BCUT2D eigenvalue weighted by Crippen LogP contribution is 2.30. The van der Waals surface area contributed by atoms with Crippen LogP contribution < -0.4 is 5.73 Å². The molecular formula is C8H9N5S3. The van der Waals surface area contributed by atoms with E-state index in [2.05, 4.69) is 20.2 Å². The summed E-state index contributed by atoms with van der Waals surface area (Å²) in [7, 11) is 0. The van der Waals surface area contributed by atoms with Gasteiger partial charge in [0.1, 0.15) is 0 Å². The minimum absolute atomic E-state index is 0.459. The molecule has 0 unspecified atom stereocenters. The van der Waals surface area contributed by atoms with E-state index in [9.17, 15) is 0 Å². The summed E-state index contributed by atoms with van der Waals surface area (Å²) in [6.07, 6.45) is 5.43. The lowest BCUT2D eigenvalue weighted by Crippen LogP contribution is -1.98. The Morgan fingerprint density at radius 3 is 2.50 bits per heavy atom. The highest BCUT2D eigenvalue weighted by atomic mass is 32.2. The Balaban J connectivity index is 2.08. The van der Waals surface area contributed by atoms with Crippen LogP contribution in [0.3, 0.4) is 0 Å². The van der Waals surface area contributed by atoms with Crippen LogP contribution in [0.5, 0.6) is 0 Å². The molecule has 2 N–H and O–H groups in total. The molecule has 16 heavy (non-hydrogen) atoms. The fraction of sp³-hybridized carbons (Fsp3) is 0.250. The van der Waals surface area contributed by atoms with Gasteiger partial charge in [0.05, 0.1) is 0 Å². The van der Waals surface area contributed by atoms with Crippen LogP contribution in [0.1, 0.15) is 5.56 Å². The van der Waals surface area contributed by atoms with Crippen LogP contribution in [-0.4, -0.2) is 26.4 Å². The van der Waals surface area contributed by atoms with Crippen molar-refractivity contribution >= 4 is 34.9 Å². The molecule has 0 aromatic carbocycles. The summed E-state index contributed by atoms with van der Waals surface area (Å²) in [6.45, 7) is 0.459. The third-order valence-corrected chi connectivity index (χ3v) is 4.50. The van der Waals surface area contributed by atoms with Crippen LogP contribution in [0.2, 0.25) is 0 Å². The van der Waals surface area contributed by atoms with Gasteiger partial charge in [0.2, 0.25) is 0 Å². The first-order valence-corrected chi connectivity index (χ1v) is 7.24.